The van der Waals surface area contributed by atoms with E-state index in [-0.39, 0.29) is 5.82 Å². The Hall–Kier alpha value is -2.07. The summed E-state index contributed by atoms with van der Waals surface area (Å²) >= 11 is 0. The van der Waals surface area contributed by atoms with Gasteiger partial charge in [0.05, 0.1) is 12.3 Å². The number of halogens is 1. The Bertz CT molecular complexity index is 543. The van der Waals surface area contributed by atoms with Gasteiger partial charge in [-0.25, -0.2) is 4.39 Å². The van der Waals surface area contributed by atoms with Crippen molar-refractivity contribution < 1.29 is 13.9 Å². The summed E-state index contributed by atoms with van der Waals surface area (Å²) in [5.74, 6) is 0.567. The van der Waals surface area contributed by atoms with Gasteiger partial charge in [0.2, 0.25) is 0 Å². The van der Waals surface area contributed by atoms with Crippen molar-refractivity contribution in [1.82, 2.24) is 0 Å². The Balaban J connectivity index is 1.91. The molecule has 1 N–H and O–H groups in total. The first-order valence-electron chi connectivity index (χ1n) is 7.07. The second kappa shape index (κ2) is 8.27. The summed E-state index contributed by atoms with van der Waals surface area (Å²) in [7, 11) is 0. The number of benzene rings is 2. The molecule has 21 heavy (non-hydrogen) atoms. The third-order valence-corrected chi connectivity index (χ3v) is 2.97. The van der Waals surface area contributed by atoms with E-state index in [1.807, 2.05) is 31.2 Å². The monoisotopic (exact) mass is 289 g/mol. The third-order valence-electron chi connectivity index (χ3n) is 2.97. The molecule has 0 aliphatic heterocycles. The summed E-state index contributed by atoms with van der Waals surface area (Å²) in [6.07, 6.45) is 0. The number of nitrogens with one attached hydrogen (secondary N) is 1. The predicted octanol–water partition coefficient (Wildman–Crippen LogP) is 3.85. The minimum absolute atomic E-state index is 0.224. The Morgan fingerprint density at radius 3 is 2.52 bits per heavy atom. The highest BCUT2D eigenvalue weighted by molar-refractivity contribution is 5.56. The van der Waals surface area contributed by atoms with E-state index in [0.717, 1.165) is 17.0 Å². The van der Waals surface area contributed by atoms with Gasteiger partial charge in [-0.1, -0.05) is 24.3 Å². The van der Waals surface area contributed by atoms with Gasteiger partial charge in [0, 0.05) is 13.2 Å². The molecule has 2 rings (SSSR count). The van der Waals surface area contributed by atoms with Crippen LogP contribution in [0.5, 0.6) is 5.75 Å². The van der Waals surface area contributed by atoms with Crippen molar-refractivity contribution in [2.24, 2.45) is 0 Å². The van der Waals surface area contributed by atoms with Crippen LogP contribution >= 0.6 is 0 Å². The van der Waals surface area contributed by atoms with Crippen LogP contribution in [0.3, 0.4) is 0 Å². The molecular weight excluding hydrogens is 269 g/mol. The lowest BCUT2D eigenvalue weighted by Crippen LogP contribution is -2.08. The molecule has 3 nitrogen and oxygen atoms in total. The Labute approximate surface area is 124 Å². The minimum Gasteiger partial charge on any atom is -0.489 e. The van der Waals surface area contributed by atoms with Crippen LogP contribution < -0.4 is 10.1 Å². The van der Waals surface area contributed by atoms with Crippen LogP contribution in [0.2, 0.25) is 0 Å². The van der Waals surface area contributed by atoms with Crippen LogP contribution in [-0.2, 0) is 11.3 Å². The van der Waals surface area contributed by atoms with Crippen molar-refractivity contribution in [3.63, 3.8) is 0 Å². The summed E-state index contributed by atoms with van der Waals surface area (Å²) in [5, 5.41) is 3.30. The van der Waals surface area contributed by atoms with E-state index in [0.29, 0.717) is 26.4 Å². The molecule has 0 bridgehead atoms. The molecule has 0 radical (unpaired) electrons. The molecule has 0 amide bonds. The molecule has 112 valence electrons. The molecule has 4 heteroatoms. The highest BCUT2D eigenvalue weighted by Crippen LogP contribution is 2.24. The zero-order valence-corrected chi connectivity index (χ0v) is 12.1. The van der Waals surface area contributed by atoms with Crippen LogP contribution in [0.1, 0.15) is 12.5 Å². The topological polar surface area (TPSA) is 30.5 Å². The summed E-state index contributed by atoms with van der Waals surface area (Å²) in [5.41, 5.74) is 1.93. The number of hydrogen-bond donors (Lipinski definition) is 1. The molecule has 0 aromatic heterocycles. The summed E-state index contributed by atoms with van der Waals surface area (Å²) < 4.78 is 23.8. The van der Waals surface area contributed by atoms with Crippen LogP contribution in [0, 0.1) is 5.82 Å². The molecule has 0 aliphatic carbocycles. The lowest BCUT2D eigenvalue weighted by molar-refractivity contribution is 0.110. The minimum atomic E-state index is -0.224. The first-order valence-corrected chi connectivity index (χ1v) is 7.07. The Morgan fingerprint density at radius 2 is 1.76 bits per heavy atom. The molecule has 0 atom stereocenters. The second-order valence-electron chi connectivity index (χ2n) is 4.52. The zero-order chi connectivity index (χ0) is 14.9. The average Bonchev–Trinajstić information content (AvgIpc) is 2.52. The predicted molar refractivity (Wildman–Crippen MR) is 82.2 cm³/mol. The first kappa shape index (κ1) is 15.3. The van der Waals surface area contributed by atoms with E-state index < -0.39 is 0 Å². The molecule has 0 saturated heterocycles. The molecular formula is C17H20FNO2. The van der Waals surface area contributed by atoms with Gasteiger partial charge >= 0.3 is 0 Å². The van der Waals surface area contributed by atoms with E-state index in [9.17, 15) is 4.39 Å². The van der Waals surface area contributed by atoms with E-state index in [1.165, 1.54) is 12.1 Å². The fourth-order valence-corrected chi connectivity index (χ4v) is 1.89. The molecule has 0 heterocycles. The van der Waals surface area contributed by atoms with E-state index in [1.54, 1.807) is 12.1 Å². The SMILES string of the molecule is CCOCCOc1ccccc1NCc1ccc(F)cc1. The van der Waals surface area contributed by atoms with Crippen molar-refractivity contribution in [2.75, 3.05) is 25.1 Å². The summed E-state index contributed by atoms with van der Waals surface area (Å²) in [6, 6.07) is 14.2. The van der Waals surface area contributed by atoms with Crippen LogP contribution in [0.25, 0.3) is 0 Å². The highest BCUT2D eigenvalue weighted by atomic mass is 19.1. The van der Waals surface area contributed by atoms with Crippen LogP contribution in [0.4, 0.5) is 10.1 Å². The normalized spacial score (nSPS) is 10.4. The van der Waals surface area contributed by atoms with Crippen molar-refractivity contribution >= 4 is 5.69 Å². The maximum Gasteiger partial charge on any atom is 0.142 e. The number of para-hydroxylation sites is 2. The lowest BCUT2D eigenvalue weighted by Gasteiger charge is -2.13. The number of hydrogen-bond acceptors (Lipinski definition) is 3. The van der Waals surface area contributed by atoms with Gasteiger partial charge in [-0.15, -0.1) is 0 Å². The van der Waals surface area contributed by atoms with Crippen molar-refractivity contribution in [3.8, 4) is 5.75 Å². The van der Waals surface area contributed by atoms with Crippen molar-refractivity contribution in [1.29, 1.82) is 0 Å². The molecule has 2 aromatic carbocycles. The van der Waals surface area contributed by atoms with E-state index in [4.69, 9.17) is 9.47 Å². The van der Waals surface area contributed by atoms with Gasteiger partial charge in [0.15, 0.2) is 0 Å². The first-order chi connectivity index (χ1) is 10.3. The summed E-state index contributed by atoms with van der Waals surface area (Å²) in [6.45, 7) is 4.35. The smallest absolute Gasteiger partial charge is 0.142 e. The van der Waals surface area contributed by atoms with Gasteiger partial charge < -0.3 is 14.8 Å². The van der Waals surface area contributed by atoms with Crippen molar-refractivity contribution in [3.05, 3.63) is 59.9 Å². The maximum absolute atomic E-state index is 12.9. The standard InChI is InChI=1S/C17H20FNO2/c1-2-20-11-12-21-17-6-4-3-5-16(17)19-13-14-7-9-15(18)10-8-14/h3-10,19H,2,11-13H2,1H3. The van der Waals surface area contributed by atoms with Crippen LogP contribution in [0.15, 0.2) is 48.5 Å². The number of anilines is 1. The zero-order valence-electron chi connectivity index (χ0n) is 12.1. The van der Waals surface area contributed by atoms with Gasteiger partial charge in [-0.05, 0) is 36.8 Å². The highest BCUT2D eigenvalue weighted by Gasteiger charge is 2.03. The van der Waals surface area contributed by atoms with Gasteiger partial charge in [-0.3, -0.25) is 0 Å². The third kappa shape index (κ3) is 5.08. The Morgan fingerprint density at radius 1 is 1.00 bits per heavy atom. The quantitative estimate of drug-likeness (QED) is 0.749. The molecule has 0 unspecified atom stereocenters. The Kier molecular flexibility index (Phi) is 6.03. The average molecular weight is 289 g/mol. The lowest BCUT2D eigenvalue weighted by atomic mass is 10.2. The van der Waals surface area contributed by atoms with Gasteiger partial charge in [0.1, 0.15) is 18.2 Å². The summed E-state index contributed by atoms with van der Waals surface area (Å²) in [4.78, 5) is 0. The second-order valence-corrected chi connectivity index (χ2v) is 4.52. The fraction of sp³-hybridized carbons (Fsp3) is 0.294. The van der Waals surface area contributed by atoms with E-state index >= 15 is 0 Å². The van der Waals surface area contributed by atoms with Gasteiger partial charge in [-0.2, -0.15) is 0 Å². The molecule has 0 saturated carbocycles. The fourth-order valence-electron chi connectivity index (χ4n) is 1.89. The van der Waals surface area contributed by atoms with E-state index in [2.05, 4.69) is 5.32 Å². The van der Waals surface area contributed by atoms with Crippen molar-refractivity contribution in [2.45, 2.75) is 13.5 Å². The maximum atomic E-state index is 12.9. The molecule has 0 aliphatic rings. The molecule has 0 fully saturated rings. The largest absolute Gasteiger partial charge is 0.489 e. The van der Waals surface area contributed by atoms with Crippen LogP contribution in [-0.4, -0.2) is 19.8 Å². The van der Waals surface area contributed by atoms with Gasteiger partial charge in [0.25, 0.3) is 0 Å². The number of rotatable bonds is 8. The molecule has 2 aromatic rings. The molecule has 0 spiro atoms. The number of ether oxygens (including phenoxy) is 2.